The van der Waals surface area contributed by atoms with E-state index in [-0.39, 0.29) is 5.41 Å². The van der Waals surface area contributed by atoms with Gasteiger partial charge in [0.05, 0.1) is 15.7 Å². The molecule has 1 aromatic heterocycles. The molecule has 2 N–H and O–H groups in total. The standard InChI is InChI=1S/C21H23Cl2N5/c1-13-18(14-4-2-5-15(22)19(14)23)16(12-24)27-20(26-13)28-10-8-21(9-11-28)7-3-6-17(21)25/h2,4-5,17H,3,6-11,25H2,1H3/t17-/m1/s1. The summed E-state index contributed by atoms with van der Waals surface area (Å²) in [5, 5.41) is 10.6. The maximum Gasteiger partial charge on any atom is 0.226 e. The molecule has 0 amide bonds. The Morgan fingerprint density at radius 2 is 1.96 bits per heavy atom. The first-order valence-corrected chi connectivity index (χ1v) is 10.4. The second-order valence-corrected chi connectivity index (χ2v) is 8.68. The van der Waals surface area contributed by atoms with Crippen molar-refractivity contribution in [3.63, 3.8) is 0 Å². The molecule has 4 rings (SSSR count). The summed E-state index contributed by atoms with van der Waals surface area (Å²) in [6, 6.07) is 7.90. The molecule has 2 aromatic rings. The van der Waals surface area contributed by atoms with Crippen LogP contribution in [-0.2, 0) is 0 Å². The van der Waals surface area contributed by atoms with Crippen LogP contribution in [0.1, 0.15) is 43.5 Å². The lowest BCUT2D eigenvalue weighted by Crippen LogP contribution is -2.47. The van der Waals surface area contributed by atoms with Crippen molar-refractivity contribution in [2.45, 2.75) is 45.1 Å². The van der Waals surface area contributed by atoms with Crippen molar-refractivity contribution in [1.82, 2.24) is 9.97 Å². The number of piperidine rings is 1. The van der Waals surface area contributed by atoms with Gasteiger partial charge in [-0.05, 0) is 44.1 Å². The summed E-state index contributed by atoms with van der Waals surface area (Å²) in [5.74, 6) is 0.609. The molecular formula is C21H23Cl2N5. The maximum atomic E-state index is 9.74. The van der Waals surface area contributed by atoms with Crippen LogP contribution in [0.25, 0.3) is 11.1 Å². The Morgan fingerprint density at radius 1 is 1.21 bits per heavy atom. The van der Waals surface area contributed by atoms with Crippen LogP contribution < -0.4 is 10.6 Å². The number of halogens is 2. The van der Waals surface area contributed by atoms with Crippen LogP contribution in [0.5, 0.6) is 0 Å². The van der Waals surface area contributed by atoms with Crippen molar-refractivity contribution in [2.75, 3.05) is 18.0 Å². The first kappa shape index (κ1) is 19.4. The van der Waals surface area contributed by atoms with E-state index in [0.717, 1.165) is 38.0 Å². The summed E-state index contributed by atoms with van der Waals surface area (Å²) in [6.07, 6.45) is 5.69. The first-order valence-electron chi connectivity index (χ1n) is 9.69. The fourth-order valence-corrected chi connectivity index (χ4v) is 5.13. The minimum absolute atomic E-state index is 0.276. The van der Waals surface area contributed by atoms with Crippen molar-refractivity contribution in [3.05, 3.63) is 39.6 Å². The molecular weight excluding hydrogens is 393 g/mol. The average Bonchev–Trinajstić information content (AvgIpc) is 3.04. The SMILES string of the molecule is Cc1nc(N2CCC3(CCC[C@H]3N)CC2)nc(C#N)c1-c1cccc(Cl)c1Cl. The molecule has 1 aliphatic carbocycles. The van der Waals surface area contributed by atoms with Crippen LogP contribution in [0.2, 0.25) is 10.0 Å². The molecule has 146 valence electrons. The average molecular weight is 416 g/mol. The van der Waals surface area contributed by atoms with Crippen molar-refractivity contribution in [3.8, 4) is 17.2 Å². The Kier molecular flexibility index (Phi) is 5.22. The van der Waals surface area contributed by atoms with Crippen LogP contribution in [0.15, 0.2) is 18.2 Å². The van der Waals surface area contributed by atoms with Gasteiger partial charge in [-0.2, -0.15) is 5.26 Å². The number of nitrogens with zero attached hydrogens (tertiary/aromatic N) is 4. The highest BCUT2D eigenvalue weighted by molar-refractivity contribution is 6.43. The van der Waals surface area contributed by atoms with Gasteiger partial charge in [-0.3, -0.25) is 0 Å². The van der Waals surface area contributed by atoms with Gasteiger partial charge in [0.1, 0.15) is 6.07 Å². The molecule has 1 aliphatic heterocycles. The number of nitrogens with two attached hydrogens (primary N) is 1. The molecule has 1 saturated heterocycles. The van der Waals surface area contributed by atoms with Gasteiger partial charge < -0.3 is 10.6 Å². The van der Waals surface area contributed by atoms with E-state index in [9.17, 15) is 5.26 Å². The van der Waals surface area contributed by atoms with E-state index in [1.165, 1.54) is 12.8 Å². The Balaban J connectivity index is 1.65. The molecule has 1 spiro atoms. The smallest absolute Gasteiger partial charge is 0.226 e. The van der Waals surface area contributed by atoms with Gasteiger partial charge in [-0.25, -0.2) is 9.97 Å². The van der Waals surface area contributed by atoms with E-state index in [2.05, 4.69) is 16.0 Å². The van der Waals surface area contributed by atoms with Crippen molar-refractivity contribution >= 4 is 29.2 Å². The number of benzene rings is 1. The van der Waals surface area contributed by atoms with Crippen molar-refractivity contribution in [2.24, 2.45) is 11.1 Å². The Labute approximate surface area is 175 Å². The summed E-state index contributed by atoms with van der Waals surface area (Å²) in [5.41, 5.74) is 9.05. The highest BCUT2D eigenvalue weighted by Crippen LogP contribution is 2.46. The summed E-state index contributed by atoms with van der Waals surface area (Å²) in [4.78, 5) is 11.5. The summed E-state index contributed by atoms with van der Waals surface area (Å²) in [6.45, 7) is 3.63. The molecule has 1 aromatic carbocycles. The fraction of sp³-hybridized carbons (Fsp3) is 0.476. The van der Waals surface area contributed by atoms with E-state index in [1.54, 1.807) is 6.07 Å². The molecule has 1 atom stereocenters. The second kappa shape index (κ2) is 7.51. The Morgan fingerprint density at radius 3 is 2.61 bits per heavy atom. The number of hydrogen-bond acceptors (Lipinski definition) is 5. The molecule has 2 aliphatic rings. The van der Waals surface area contributed by atoms with E-state index < -0.39 is 0 Å². The molecule has 0 unspecified atom stereocenters. The third kappa shape index (κ3) is 3.24. The van der Waals surface area contributed by atoms with Crippen LogP contribution in [0.4, 0.5) is 5.95 Å². The molecule has 0 radical (unpaired) electrons. The predicted molar refractivity (Wildman–Crippen MR) is 113 cm³/mol. The van der Waals surface area contributed by atoms with Gasteiger partial charge in [0.2, 0.25) is 5.95 Å². The summed E-state index contributed by atoms with van der Waals surface area (Å²) < 4.78 is 0. The predicted octanol–water partition coefficient (Wildman–Crippen LogP) is 4.73. The molecule has 28 heavy (non-hydrogen) atoms. The third-order valence-electron chi connectivity index (χ3n) is 6.42. The monoisotopic (exact) mass is 415 g/mol. The lowest BCUT2D eigenvalue weighted by atomic mass is 9.74. The second-order valence-electron chi connectivity index (χ2n) is 7.89. The van der Waals surface area contributed by atoms with Crippen molar-refractivity contribution < 1.29 is 0 Å². The lowest BCUT2D eigenvalue weighted by Gasteiger charge is -2.42. The fourth-order valence-electron chi connectivity index (χ4n) is 4.74. The highest BCUT2D eigenvalue weighted by atomic mass is 35.5. The van der Waals surface area contributed by atoms with Crippen LogP contribution in [0, 0.1) is 23.7 Å². The first-order chi connectivity index (χ1) is 13.4. The quantitative estimate of drug-likeness (QED) is 0.766. The summed E-state index contributed by atoms with van der Waals surface area (Å²) >= 11 is 12.5. The Hall–Kier alpha value is -1.87. The van der Waals surface area contributed by atoms with Crippen LogP contribution in [0.3, 0.4) is 0 Å². The maximum absolute atomic E-state index is 9.74. The van der Waals surface area contributed by atoms with Gasteiger partial charge >= 0.3 is 0 Å². The van der Waals surface area contributed by atoms with Gasteiger partial charge in [-0.15, -0.1) is 0 Å². The minimum atomic E-state index is 0.276. The Bertz CT molecular complexity index is 945. The third-order valence-corrected chi connectivity index (χ3v) is 7.24. The van der Waals surface area contributed by atoms with Gasteiger partial charge in [-0.1, -0.05) is 41.8 Å². The molecule has 1 saturated carbocycles. The van der Waals surface area contributed by atoms with Gasteiger partial charge in [0.15, 0.2) is 5.69 Å². The van der Waals surface area contributed by atoms with E-state index >= 15 is 0 Å². The molecule has 0 bridgehead atoms. The molecule has 7 heteroatoms. The topological polar surface area (TPSA) is 78.8 Å². The lowest BCUT2D eigenvalue weighted by molar-refractivity contribution is 0.197. The van der Waals surface area contributed by atoms with E-state index in [1.807, 2.05) is 19.1 Å². The minimum Gasteiger partial charge on any atom is -0.341 e. The number of anilines is 1. The summed E-state index contributed by atoms with van der Waals surface area (Å²) in [7, 11) is 0. The van der Waals surface area contributed by atoms with E-state index in [0.29, 0.717) is 38.9 Å². The van der Waals surface area contributed by atoms with Crippen LogP contribution >= 0.6 is 23.2 Å². The zero-order valence-corrected chi connectivity index (χ0v) is 17.4. The zero-order valence-electron chi connectivity index (χ0n) is 15.9. The van der Waals surface area contributed by atoms with Gasteiger partial charge in [0, 0.05) is 30.3 Å². The number of hydrogen-bond donors (Lipinski definition) is 1. The zero-order chi connectivity index (χ0) is 19.9. The van der Waals surface area contributed by atoms with Crippen LogP contribution in [-0.4, -0.2) is 29.1 Å². The number of aryl methyl sites for hydroxylation is 1. The normalized spacial score (nSPS) is 21.1. The van der Waals surface area contributed by atoms with Crippen molar-refractivity contribution in [1.29, 1.82) is 5.26 Å². The van der Waals surface area contributed by atoms with Gasteiger partial charge in [0.25, 0.3) is 0 Å². The number of nitriles is 1. The molecule has 5 nitrogen and oxygen atoms in total. The number of aromatic nitrogens is 2. The number of rotatable bonds is 2. The van der Waals surface area contributed by atoms with E-state index in [4.69, 9.17) is 33.9 Å². The molecule has 2 heterocycles. The highest BCUT2D eigenvalue weighted by Gasteiger charge is 2.43. The molecule has 2 fully saturated rings. The largest absolute Gasteiger partial charge is 0.341 e.